The van der Waals surface area contributed by atoms with Crippen LogP contribution in [-0.2, 0) is 4.79 Å². The summed E-state index contributed by atoms with van der Waals surface area (Å²) in [5, 5.41) is 9.04. The molecule has 0 aliphatic heterocycles. The molecule has 0 bridgehead atoms. The summed E-state index contributed by atoms with van der Waals surface area (Å²) in [5.41, 5.74) is 0.779. The van der Waals surface area contributed by atoms with Crippen LogP contribution in [-0.4, -0.2) is 16.8 Å². The quantitative estimate of drug-likeness (QED) is 0.530. The minimum Gasteiger partial charge on any atom is -0.481 e. The number of benzene rings is 1. The Morgan fingerprint density at radius 1 is 1.20 bits per heavy atom. The predicted molar refractivity (Wildman–Crippen MR) is 86.5 cm³/mol. The number of carbonyl (C=O) groups is 1. The summed E-state index contributed by atoms with van der Waals surface area (Å²) in [5.74, 6) is 0.929. The normalized spacial score (nSPS) is 11.8. The van der Waals surface area contributed by atoms with E-state index in [4.69, 9.17) is 5.11 Å². The first-order chi connectivity index (χ1) is 9.33. The summed E-state index contributed by atoms with van der Waals surface area (Å²) >= 11 is 1.85. The molecule has 0 saturated heterocycles. The summed E-state index contributed by atoms with van der Waals surface area (Å²) < 4.78 is 0. The van der Waals surface area contributed by atoms with Gasteiger partial charge in [-0.1, -0.05) is 32.4 Å². The molecule has 1 aromatic carbocycles. The highest BCUT2D eigenvalue weighted by Crippen LogP contribution is 2.26. The van der Waals surface area contributed by atoms with E-state index < -0.39 is 11.4 Å². The monoisotopic (exact) mass is 294 g/mol. The number of aliphatic carboxylic acids is 1. The van der Waals surface area contributed by atoms with Gasteiger partial charge in [-0.3, -0.25) is 4.79 Å². The highest BCUT2D eigenvalue weighted by molar-refractivity contribution is 7.99. The third-order valence-corrected chi connectivity index (χ3v) is 4.69. The molecule has 0 radical (unpaired) electrons. The van der Waals surface area contributed by atoms with Crippen LogP contribution in [0.2, 0.25) is 0 Å². The van der Waals surface area contributed by atoms with Gasteiger partial charge in [0.25, 0.3) is 0 Å². The van der Waals surface area contributed by atoms with Crippen LogP contribution in [0.3, 0.4) is 0 Å². The van der Waals surface area contributed by atoms with Gasteiger partial charge in [-0.2, -0.15) is 0 Å². The van der Waals surface area contributed by atoms with Gasteiger partial charge in [0.1, 0.15) is 0 Å². The van der Waals surface area contributed by atoms with E-state index in [-0.39, 0.29) is 0 Å². The smallest absolute Gasteiger partial charge is 0.309 e. The Hall–Kier alpha value is -0.960. The van der Waals surface area contributed by atoms with Crippen LogP contribution in [0.15, 0.2) is 29.2 Å². The van der Waals surface area contributed by atoms with Gasteiger partial charge in [0, 0.05) is 4.90 Å². The predicted octanol–water partition coefficient (Wildman–Crippen LogP) is 5.18. The summed E-state index contributed by atoms with van der Waals surface area (Å²) in [7, 11) is 0. The minimum atomic E-state index is -0.700. The van der Waals surface area contributed by atoms with Crippen LogP contribution < -0.4 is 0 Å². The van der Waals surface area contributed by atoms with Crippen molar-refractivity contribution in [3.8, 4) is 0 Å². The Morgan fingerprint density at radius 2 is 1.80 bits per heavy atom. The van der Waals surface area contributed by atoms with Crippen LogP contribution in [0, 0.1) is 5.41 Å². The highest BCUT2D eigenvalue weighted by atomic mass is 32.2. The molecule has 2 nitrogen and oxygen atoms in total. The van der Waals surface area contributed by atoms with Gasteiger partial charge in [-0.15, -0.1) is 11.8 Å². The van der Waals surface area contributed by atoms with Crippen LogP contribution in [0.1, 0.15) is 58.4 Å². The van der Waals surface area contributed by atoms with Crippen molar-refractivity contribution in [2.75, 3.05) is 5.75 Å². The van der Waals surface area contributed by atoms with E-state index in [1.807, 2.05) is 11.8 Å². The second-order valence-corrected chi connectivity index (χ2v) is 7.39. The minimum absolute atomic E-state index is 0.576. The third kappa shape index (κ3) is 5.58. The molecular formula is C17H26O2S. The summed E-state index contributed by atoms with van der Waals surface area (Å²) in [6.07, 6.45) is 2.78. The molecule has 0 aliphatic carbocycles. The van der Waals surface area contributed by atoms with Gasteiger partial charge in [0.05, 0.1) is 5.41 Å². The fourth-order valence-electron chi connectivity index (χ4n) is 1.91. The largest absolute Gasteiger partial charge is 0.481 e. The second kappa shape index (κ2) is 7.72. The molecule has 0 fully saturated rings. The molecule has 0 saturated carbocycles. The molecule has 0 spiro atoms. The Morgan fingerprint density at radius 3 is 2.30 bits per heavy atom. The zero-order valence-corrected chi connectivity index (χ0v) is 13.8. The van der Waals surface area contributed by atoms with Crippen molar-refractivity contribution in [3.63, 3.8) is 0 Å². The summed E-state index contributed by atoms with van der Waals surface area (Å²) in [4.78, 5) is 12.3. The average molecular weight is 294 g/mol. The van der Waals surface area contributed by atoms with Crippen molar-refractivity contribution < 1.29 is 9.90 Å². The first-order valence-electron chi connectivity index (χ1n) is 7.29. The van der Waals surface area contributed by atoms with E-state index in [0.29, 0.717) is 5.92 Å². The van der Waals surface area contributed by atoms with E-state index in [2.05, 4.69) is 38.1 Å². The number of thioether (sulfide) groups is 1. The average Bonchev–Trinajstić information content (AvgIpc) is 2.38. The number of rotatable bonds is 8. The molecule has 0 unspecified atom stereocenters. The standard InChI is InChI=1S/C17H26O2S/c1-13(2)14-7-9-15(10-8-14)20-12-6-5-11-17(3,4)16(18)19/h7-10,13H,5-6,11-12H2,1-4H3,(H,18,19). The van der Waals surface area contributed by atoms with E-state index in [1.54, 1.807) is 13.8 Å². The van der Waals surface area contributed by atoms with Gasteiger partial charge >= 0.3 is 5.97 Å². The maximum absolute atomic E-state index is 11.0. The lowest BCUT2D eigenvalue weighted by atomic mass is 9.88. The lowest BCUT2D eigenvalue weighted by Crippen LogP contribution is -2.23. The zero-order valence-electron chi connectivity index (χ0n) is 13.0. The fraction of sp³-hybridized carbons (Fsp3) is 0.588. The van der Waals surface area contributed by atoms with Crippen molar-refractivity contribution in [2.45, 2.75) is 57.8 Å². The molecule has 1 N–H and O–H groups in total. The van der Waals surface area contributed by atoms with Gasteiger partial charge in [-0.05, 0) is 56.1 Å². The molecule has 1 rings (SSSR count). The second-order valence-electron chi connectivity index (χ2n) is 6.22. The van der Waals surface area contributed by atoms with E-state index in [9.17, 15) is 4.79 Å². The molecule has 0 aliphatic rings. The maximum Gasteiger partial charge on any atom is 0.309 e. The topological polar surface area (TPSA) is 37.3 Å². The Kier molecular flexibility index (Phi) is 6.60. The van der Waals surface area contributed by atoms with Crippen molar-refractivity contribution in [1.29, 1.82) is 0 Å². The lowest BCUT2D eigenvalue weighted by Gasteiger charge is -2.18. The first-order valence-corrected chi connectivity index (χ1v) is 8.27. The van der Waals surface area contributed by atoms with Gasteiger partial charge in [0.2, 0.25) is 0 Å². The van der Waals surface area contributed by atoms with Crippen LogP contribution in [0.4, 0.5) is 0 Å². The van der Waals surface area contributed by atoms with Crippen molar-refractivity contribution in [1.82, 2.24) is 0 Å². The molecular weight excluding hydrogens is 268 g/mol. The molecule has 3 heteroatoms. The highest BCUT2D eigenvalue weighted by Gasteiger charge is 2.25. The van der Waals surface area contributed by atoms with Gasteiger partial charge < -0.3 is 5.11 Å². The molecule has 1 aromatic rings. The van der Waals surface area contributed by atoms with Gasteiger partial charge in [0.15, 0.2) is 0 Å². The molecule has 0 aromatic heterocycles. The zero-order chi connectivity index (χ0) is 15.2. The molecule has 20 heavy (non-hydrogen) atoms. The number of hydrogen-bond acceptors (Lipinski definition) is 2. The Bertz CT molecular complexity index is 421. The number of hydrogen-bond donors (Lipinski definition) is 1. The Labute approximate surface area is 127 Å². The fourth-order valence-corrected chi connectivity index (χ4v) is 2.83. The summed E-state index contributed by atoms with van der Waals surface area (Å²) in [6, 6.07) is 8.75. The number of unbranched alkanes of at least 4 members (excludes halogenated alkanes) is 1. The van der Waals surface area contributed by atoms with E-state index in [1.165, 1.54) is 10.5 Å². The molecule has 0 amide bonds. The number of carboxylic acid groups (broad SMARTS) is 1. The van der Waals surface area contributed by atoms with Crippen LogP contribution in [0.5, 0.6) is 0 Å². The molecule has 112 valence electrons. The third-order valence-electron chi connectivity index (χ3n) is 3.59. The van der Waals surface area contributed by atoms with Crippen molar-refractivity contribution in [2.24, 2.45) is 5.41 Å². The maximum atomic E-state index is 11.0. The Balaban J connectivity index is 2.26. The molecule has 0 heterocycles. The van der Waals surface area contributed by atoms with Crippen molar-refractivity contribution in [3.05, 3.63) is 29.8 Å². The number of carboxylic acids is 1. The van der Waals surface area contributed by atoms with Crippen LogP contribution in [0.25, 0.3) is 0 Å². The van der Waals surface area contributed by atoms with E-state index >= 15 is 0 Å². The van der Waals surface area contributed by atoms with Crippen LogP contribution >= 0.6 is 11.8 Å². The summed E-state index contributed by atoms with van der Waals surface area (Å²) in [6.45, 7) is 8.00. The first kappa shape index (κ1) is 17.1. The SMILES string of the molecule is CC(C)c1ccc(SCCCCC(C)(C)C(=O)O)cc1. The van der Waals surface area contributed by atoms with Gasteiger partial charge in [-0.25, -0.2) is 0 Å². The van der Waals surface area contributed by atoms with E-state index in [0.717, 1.165) is 25.0 Å². The molecule has 0 atom stereocenters. The van der Waals surface area contributed by atoms with Crippen molar-refractivity contribution >= 4 is 17.7 Å². The lowest BCUT2D eigenvalue weighted by molar-refractivity contribution is -0.147.